The van der Waals surface area contributed by atoms with Gasteiger partial charge in [-0.15, -0.1) is 0 Å². The highest BCUT2D eigenvalue weighted by molar-refractivity contribution is 5.86. The minimum absolute atomic E-state index is 0.0197. The molecule has 132 valence electrons. The number of ether oxygens (including phenoxy) is 2. The van der Waals surface area contributed by atoms with E-state index in [4.69, 9.17) is 9.47 Å². The number of carbonyl (C=O) groups excluding carboxylic acids is 1. The predicted molar refractivity (Wildman–Crippen MR) is 96.4 cm³/mol. The van der Waals surface area contributed by atoms with Crippen LogP contribution in [0.5, 0.6) is 17.2 Å². The average molecular weight is 342 g/mol. The first-order chi connectivity index (χ1) is 12.0. The number of hydrogen-bond donors (Lipinski definition) is 2. The third-order valence-corrected chi connectivity index (χ3v) is 3.57. The Morgan fingerprint density at radius 2 is 2.00 bits per heavy atom. The van der Waals surface area contributed by atoms with Gasteiger partial charge in [0.1, 0.15) is 5.75 Å². The van der Waals surface area contributed by atoms with E-state index in [0.29, 0.717) is 23.7 Å². The standard InChI is InChI=1S/C19H22N2O4/c1-4-24-17-7-5-6-15(19(17)23)11-20-21-18(22)12-25-16-9-8-13(2)14(3)10-16/h5-11,23H,4,12H2,1-3H3,(H,21,22)/b20-11+. The third kappa shape index (κ3) is 5.24. The van der Waals surface area contributed by atoms with Crippen LogP contribution in [0.25, 0.3) is 0 Å². The Labute approximate surface area is 147 Å². The van der Waals surface area contributed by atoms with Crippen LogP contribution in [0.3, 0.4) is 0 Å². The van der Waals surface area contributed by atoms with Gasteiger partial charge in [-0.3, -0.25) is 4.79 Å². The fourth-order valence-electron chi connectivity index (χ4n) is 2.07. The van der Waals surface area contributed by atoms with Gasteiger partial charge >= 0.3 is 0 Å². The smallest absolute Gasteiger partial charge is 0.277 e. The van der Waals surface area contributed by atoms with Crippen LogP contribution >= 0.6 is 0 Å². The van der Waals surface area contributed by atoms with E-state index in [2.05, 4.69) is 10.5 Å². The molecule has 25 heavy (non-hydrogen) atoms. The lowest BCUT2D eigenvalue weighted by atomic mass is 10.1. The maximum absolute atomic E-state index is 11.8. The van der Waals surface area contributed by atoms with E-state index in [1.165, 1.54) is 6.21 Å². The lowest BCUT2D eigenvalue weighted by Crippen LogP contribution is -2.24. The number of aromatic hydroxyl groups is 1. The summed E-state index contributed by atoms with van der Waals surface area (Å²) in [6.45, 7) is 6.12. The van der Waals surface area contributed by atoms with Gasteiger partial charge in [-0.1, -0.05) is 12.1 Å². The second-order valence-electron chi connectivity index (χ2n) is 5.45. The molecule has 0 unspecified atom stereocenters. The Kier molecular flexibility index (Phi) is 6.39. The van der Waals surface area contributed by atoms with Crippen molar-refractivity contribution in [1.29, 1.82) is 0 Å². The Morgan fingerprint density at radius 1 is 1.20 bits per heavy atom. The number of para-hydroxylation sites is 1. The van der Waals surface area contributed by atoms with Gasteiger partial charge in [0.25, 0.3) is 5.91 Å². The number of hydrogen-bond acceptors (Lipinski definition) is 5. The summed E-state index contributed by atoms with van der Waals surface area (Å²) in [6.07, 6.45) is 1.35. The average Bonchev–Trinajstić information content (AvgIpc) is 2.59. The van der Waals surface area contributed by atoms with Gasteiger partial charge in [0.15, 0.2) is 18.1 Å². The molecule has 2 aromatic carbocycles. The fourth-order valence-corrected chi connectivity index (χ4v) is 2.07. The van der Waals surface area contributed by atoms with Crippen LogP contribution in [-0.4, -0.2) is 30.4 Å². The molecule has 0 atom stereocenters. The number of nitrogens with zero attached hydrogens (tertiary/aromatic N) is 1. The molecule has 0 aliphatic rings. The topological polar surface area (TPSA) is 80.2 Å². The number of aryl methyl sites for hydroxylation is 2. The van der Waals surface area contributed by atoms with E-state index >= 15 is 0 Å². The SMILES string of the molecule is CCOc1cccc(/C=N/NC(=O)COc2ccc(C)c(C)c2)c1O. The molecule has 0 spiro atoms. The summed E-state index contributed by atoms with van der Waals surface area (Å²) in [6, 6.07) is 10.7. The summed E-state index contributed by atoms with van der Waals surface area (Å²) in [5.41, 5.74) is 5.07. The highest BCUT2D eigenvalue weighted by Gasteiger charge is 2.06. The first-order valence-electron chi connectivity index (χ1n) is 7.98. The maximum Gasteiger partial charge on any atom is 0.277 e. The Balaban J connectivity index is 1.88. The highest BCUT2D eigenvalue weighted by atomic mass is 16.5. The van der Waals surface area contributed by atoms with Gasteiger partial charge in [-0.25, -0.2) is 5.43 Å². The number of carbonyl (C=O) groups is 1. The molecule has 0 aliphatic carbocycles. The molecule has 0 radical (unpaired) electrons. The molecule has 1 amide bonds. The van der Waals surface area contributed by atoms with Gasteiger partial charge in [-0.2, -0.15) is 5.10 Å². The van der Waals surface area contributed by atoms with Crippen LogP contribution in [0.15, 0.2) is 41.5 Å². The molecule has 6 heteroatoms. The minimum Gasteiger partial charge on any atom is -0.504 e. The van der Waals surface area contributed by atoms with Crippen LogP contribution in [0.1, 0.15) is 23.6 Å². The van der Waals surface area contributed by atoms with Crippen LogP contribution in [0.2, 0.25) is 0 Å². The van der Waals surface area contributed by atoms with Gasteiger partial charge in [0.05, 0.1) is 12.8 Å². The number of rotatable bonds is 7. The fraction of sp³-hybridized carbons (Fsp3) is 0.263. The van der Waals surface area contributed by atoms with E-state index in [0.717, 1.165) is 11.1 Å². The monoisotopic (exact) mass is 342 g/mol. The molecule has 0 saturated carbocycles. The lowest BCUT2D eigenvalue weighted by molar-refractivity contribution is -0.123. The van der Waals surface area contributed by atoms with Crippen molar-refractivity contribution >= 4 is 12.1 Å². The summed E-state index contributed by atoms with van der Waals surface area (Å²) in [5.74, 6) is 0.587. The molecule has 0 fully saturated rings. The zero-order valence-corrected chi connectivity index (χ0v) is 14.6. The molecule has 0 saturated heterocycles. The molecular weight excluding hydrogens is 320 g/mol. The lowest BCUT2D eigenvalue weighted by Gasteiger charge is -2.08. The van der Waals surface area contributed by atoms with Gasteiger partial charge in [0.2, 0.25) is 0 Å². The van der Waals surface area contributed by atoms with Crippen molar-refractivity contribution in [3.8, 4) is 17.2 Å². The van der Waals surface area contributed by atoms with Crippen molar-refractivity contribution in [2.24, 2.45) is 5.10 Å². The Morgan fingerprint density at radius 3 is 2.72 bits per heavy atom. The van der Waals surface area contributed by atoms with Gasteiger partial charge < -0.3 is 14.6 Å². The Hall–Kier alpha value is -3.02. The maximum atomic E-state index is 11.8. The molecule has 2 N–H and O–H groups in total. The summed E-state index contributed by atoms with van der Waals surface area (Å²) in [4.78, 5) is 11.8. The van der Waals surface area contributed by atoms with E-state index in [-0.39, 0.29) is 12.4 Å². The molecule has 0 heterocycles. The summed E-state index contributed by atoms with van der Waals surface area (Å²) in [5, 5.41) is 13.9. The van der Waals surface area contributed by atoms with Crippen LogP contribution in [0, 0.1) is 13.8 Å². The van der Waals surface area contributed by atoms with Gasteiger partial charge in [-0.05, 0) is 56.2 Å². The number of amides is 1. The van der Waals surface area contributed by atoms with E-state index in [9.17, 15) is 9.90 Å². The molecule has 0 aliphatic heterocycles. The minimum atomic E-state index is -0.394. The van der Waals surface area contributed by atoms with Crippen molar-refractivity contribution in [3.05, 3.63) is 53.1 Å². The van der Waals surface area contributed by atoms with Crippen molar-refractivity contribution in [2.45, 2.75) is 20.8 Å². The first-order valence-corrected chi connectivity index (χ1v) is 7.98. The van der Waals surface area contributed by atoms with E-state index in [1.807, 2.05) is 39.0 Å². The molecule has 0 aromatic heterocycles. The summed E-state index contributed by atoms with van der Waals surface area (Å²) in [7, 11) is 0. The second-order valence-corrected chi connectivity index (χ2v) is 5.45. The van der Waals surface area contributed by atoms with Crippen molar-refractivity contribution in [1.82, 2.24) is 5.43 Å². The normalized spacial score (nSPS) is 10.7. The number of hydrazone groups is 1. The highest BCUT2D eigenvalue weighted by Crippen LogP contribution is 2.28. The molecular formula is C19H22N2O4. The van der Waals surface area contributed by atoms with Crippen LogP contribution < -0.4 is 14.9 Å². The third-order valence-electron chi connectivity index (χ3n) is 3.57. The molecule has 2 aromatic rings. The quantitative estimate of drug-likeness (QED) is 0.599. The van der Waals surface area contributed by atoms with Crippen LogP contribution in [-0.2, 0) is 4.79 Å². The zero-order chi connectivity index (χ0) is 18.2. The number of nitrogens with one attached hydrogen (secondary N) is 1. The first kappa shape index (κ1) is 18.3. The van der Waals surface area contributed by atoms with Crippen LogP contribution in [0.4, 0.5) is 0 Å². The number of phenolic OH excluding ortho intramolecular Hbond substituents is 1. The molecule has 0 bridgehead atoms. The van der Waals surface area contributed by atoms with Crippen molar-refractivity contribution in [2.75, 3.05) is 13.2 Å². The number of phenols is 1. The molecule has 6 nitrogen and oxygen atoms in total. The molecule has 2 rings (SSSR count). The zero-order valence-electron chi connectivity index (χ0n) is 14.6. The number of benzene rings is 2. The largest absolute Gasteiger partial charge is 0.504 e. The summed E-state index contributed by atoms with van der Waals surface area (Å²) >= 11 is 0. The van der Waals surface area contributed by atoms with Crippen molar-refractivity contribution in [3.63, 3.8) is 0 Å². The van der Waals surface area contributed by atoms with Crippen molar-refractivity contribution < 1.29 is 19.4 Å². The van der Waals surface area contributed by atoms with E-state index in [1.54, 1.807) is 18.2 Å². The second kappa shape index (κ2) is 8.73. The Bertz CT molecular complexity index is 772. The summed E-state index contributed by atoms with van der Waals surface area (Å²) < 4.78 is 10.7. The van der Waals surface area contributed by atoms with Gasteiger partial charge in [0, 0.05) is 5.56 Å². The predicted octanol–water partition coefficient (Wildman–Crippen LogP) is 2.94. The van der Waals surface area contributed by atoms with E-state index < -0.39 is 5.91 Å².